The predicted molar refractivity (Wildman–Crippen MR) is 138 cm³/mol. The number of pyridine rings is 1. The van der Waals surface area contributed by atoms with Crippen molar-refractivity contribution < 1.29 is 38.1 Å². The maximum absolute atomic E-state index is 13.1. The van der Waals surface area contributed by atoms with Crippen molar-refractivity contribution in [1.29, 1.82) is 0 Å². The molecule has 0 fully saturated rings. The van der Waals surface area contributed by atoms with Gasteiger partial charge in [0.25, 0.3) is 0 Å². The van der Waals surface area contributed by atoms with Gasteiger partial charge in [-0.15, -0.1) is 0 Å². The van der Waals surface area contributed by atoms with Gasteiger partial charge >= 0.3 is 11.9 Å². The standard InChI is InChI=1S/C29H31NO8/c1-19(17-24(32)26-28(36-18-35-21(3)31)25(34-4)15-16-30-26)29(33)38-27(22-11-7-5-8-12-22)20(2)37-23-13-9-6-10-14-23/h5-16,19-20,27H,17-18H2,1-4H3/t19-,20+,27+/m1/s1. The second-order valence-corrected chi connectivity index (χ2v) is 8.52. The largest absolute Gasteiger partial charge is 0.493 e. The minimum absolute atomic E-state index is 0.0221. The van der Waals surface area contributed by atoms with E-state index in [9.17, 15) is 14.4 Å². The van der Waals surface area contributed by atoms with E-state index in [1.807, 2.05) is 67.6 Å². The molecule has 0 radical (unpaired) electrons. The smallest absolute Gasteiger partial charge is 0.309 e. The third-order valence-electron chi connectivity index (χ3n) is 5.57. The number of benzene rings is 2. The van der Waals surface area contributed by atoms with E-state index in [4.69, 9.17) is 23.7 Å². The zero-order valence-electron chi connectivity index (χ0n) is 21.8. The third kappa shape index (κ3) is 7.80. The lowest BCUT2D eigenvalue weighted by atomic mass is 10.0. The van der Waals surface area contributed by atoms with Crippen molar-refractivity contribution in [3.63, 3.8) is 0 Å². The SMILES string of the molecule is COc1ccnc(C(=O)C[C@@H](C)C(=O)O[C@H](c2ccccc2)[C@H](C)Oc2ccccc2)c1OCOC(C)=O. The number of ketones is 1. The molecule has 0 N–H and O–H groups in total. The minimum atomic E-state index is -0.799. The van der Waals surface area contributed by atoms with Crippen LogP contribution >= 0.6 is 0 Å². The van der Waals surface area contributed by atoms with Crippen LogP contribution in [-0.4, -0.2) is 42.7 Å². The van der Waals surface area contributed by atoms with E-state index in [2.05, 4.69) is 4.98 Å². The molecule has 0 amide bonds. The lowest BCUT2D eigenvalue weighted by Gasteiger charge is -2.26. The average Bonchev–Trinajstić information content (AvgIpc) is 2.92. The first-order valence-electron chi connectivity index (χ1n) is 12.1. The molecule has 0 saturated heterocycles. The van der Waals surface area contributed by atoms with Crippen LogP contribution in [0.15, 0.2) is 72.9 Å². The molecule has 9 heteroatoms. The molecule has 1 heterocycles. The van der Waals surface area contributed by atoms with Gasteiger partial charge in [0.1, 0.15) is 11.9 Å². The van der Waals surface area contributed by atoms with Crippen LogP contribution in [0.3, 0.4) is 0 Å². The second-order valence-electron chi connectivity index (χ2n) is 8.52. The molecule has 0 unspecified atom stereocenters. The van der Waals surface area contributed by atoms with Crippen molar-refractivity contribution in [3.05, 3.63) is 84.2 Å². The summed E-state index contributed by atoms with van der Waals surface area (Å²) in [5, 5.41) is 0. The number of methoxy groups -OCH3 is 1. The molecule has 0 aliphatic rings. The van der Waals surface area contributed by atoms with E-state index >= 15 is 0 Å². The Labute approximate surface area is 221 Å². The zero-order valence-corrected chi connectivity index (χ0v) is 21.8. The normalized spacial score (nSPS) is 12.9. The second kappa shape index (κ2) is 13.8. The molecule has 3 rings (SSSR count). The van der Waals surface area contributed by atoms with Gasteiger partial charge < -0.3 is 23.7 Å². The fourth-order valence-electron chi connectivity index (χ4n) is 3.65. The van der Waals surface area contributed by atoms with Gasteiger partial charge in [-0.3, -0.25) is 14.4 Å². The first-order chi connectivity index (χ1) is 18.3. The molecule has 2 aromatic carbocycles. The summed E-state index contributed by atoms with van der Waals surface area (Å²) in [5.41, 5.74) is 0.718. The van der Waals surface area contributed by atoms with Gasteiger partial charge in [0.2, 0.25) is 6.79 Å². The minimum Gasteiger partial charge on any atom is -0.493 e. The monoisotopic (exact) mass is 521 g/mol. The van der Waals surface area contributed by atoms with Crippen LogP contribution in [-0.2, 0) is 19.1 Å². The number of Topliss-reactive ketones (excluding diaryl/α,β-unsaturated/α-hetero) is 1. The third-order valence-corrected chi connectivity index (χ3v) is 5.57. The van der Waals surface area contributed by atoms with E-state index in [0.29, 0.717) is 5.75 Å². The number of hydrogen-bond acceptors (Lipinski definition) is 9. The van der Waals surface area contributed by atoms with E-state index in [1.54, 1.807) is 6.92 Å². The summed E-state index contributed by atoms with van der Waals surface area (Å²) in [5.74, 6) is -1.47. The molecule has 1 aromatic heterocycles. The van der Waals surface area contributed by atoms with E-state index in [-0.39, 0.29) is 23.6 Å². The number of aromatic nitrogens is 1. The first-order valence-corrected chi connectivity index (χ1v) is 12.1. The number of para-hydroxylation sites is 1. The molecular formula is C29H31NO8. The Morgan fingerprint density at radius 2 is 1.58 bits per heavy atom. The Hall–Kier alpha value is -4.40. The van der Waals surface area contributed by atoms with Crippen LogP contribution in [0.1, 0.15) is 49.3 Å². The van der Waals surface area contributed by atoms with Gasteiger partial charge in [0.05, 0.1) is 13.0 Å². The lowest BCUT2D eigenvalue weighted by molar-refractivity contribution is -0.158. The summed E-state index contributed by atoms with van der Waals surface area (Å²) in [6, 6.07) is 20.0. The van der Waals surface area contributed by atoms with Crippen molar-refractivity contribution in [1.82, 2.24) is 4.98 Å². The first kappa shape index (κ1) is 28.2. The van der Waals surface area contributed by atoms with E-state index in [0.717, 1.165) is 5.56 Å². The maximum Gasteiger partial charge on any atom is 0.309 e. The van der Waals surface area contributed by atoms with Gasteiger partial charge in [-0.1, -0.05) is 55.5 Å². The van der Waals surface area contributed by atoms with Crippen LogP contribution in [0.4, 0.5) is 0 Å². The highest BCUT2D eigenvalue weighted by atomic mass is 16.7. The van der Waals surface area contributed by atoms with Crippen LogP contribution in [0, 0.1) is 5.92 Å². The van der Waals surface area contributed by atoms with Crippen molar-refractivity contribution in [3.8, 4) is 17.2 Å². The van der Waals surface area contributed by atoms with Crippen molar-refractivity contribution in [2.24, 2.45) is 5.92 Å². The summed E-state index contributed by atoms with van der Waals surface area (Å²) in [4.78, 5) is 41.5. The van der Waals surface area contributed by atoms with E-state index in [1.165, 1.54) is 26.3 Å². The number of rotatable bonds is 13. The number of nitrogens with zero attached hydrogens (tertiary/aromatic N) is 1. The molecule has 200 valence electrons. The summed E-state index contributed by atoms with van der Waals surface area (Å²) in [6.07, 6.45) is -0.0212. The topological polar surface area (TPSA) is 110 Å². The van der Waals surface area contributed by atoms with Gasteiger partial charge in [0, 0.05) is 25.6 Å². The van der Waals surface area contributed by atoms with Crippen LogP contribution in [0.5, 0.6) is 17.2 Å². The molecule has 0 saturated carbocycles. The molecule has 0 bridgehead atoms. The molecule has 0 aliphatic heterocycles. The van der Waals surface area contributed by atoms with Crippen LogP contribution in [0.25, 0.3) is 0 Å². The number of hydrogen-bond donors (Lipinski definition) is 0. The van der Waals surface area contributed by atoms with Crippen LogP contribution in [0.2, 0.25) is 0 Å². The summed E-state index contributed by atoms with van der Waals surface area (Å²) in [7, 11) is 1.41. The number of carbonyl (C=O) groups is 3. The zero-order chi connectivity index (χ0) is 27.5. The van der Waals surface area contributed by atoms with Gasteiger partial charge in [-0.2, -0.15) is 0 Å². The number of esters is 2. The lowest BCUT2D eigenvalue weighted by Crippen LogP contribution is -2.29. The fraction of sp³-hybridized carbons (Fsp3) is 0.310. The number of carbonyl (C=O) groups excluding carboxylic acids is 3. The average molecular weight is 522 g/mol. The van der Waals surface area contributed by atoms with Crippen LogP contribution < -0.4 is 14.2 Å². The van der Waals surface area contributed by atoms with Crippen molar-refractivity contribution in [2.75, 3.05) is 13.9 Å². The molecule has 0 aliphatic carbocycles. The molecule has 3 atom stereocenters. The Bertz CT molecular complexity index is 1220. The van der Waals surface area contributed by atoms with Crippen molar-refractivity contribution in [2.45, 2.75) is 39.4 Å². The quantitative estimate of drug-likeness (QED) is 0.175. The number of ether oxygens (including phenoxy) is 5. The van der Waals surface area contributed by atoms with Gasteiger partial charge in [-0.25, -0.2) is 4.98 Å². The highest BCUT2D eigenvalue weighted by Gasteiger charge is 2.30. The highest BCUT2D eigenvalue weighted by Crippen LogP contribution is 2.32. The summed E-state index contributed by atoms with van der Waals surface area (Å²) in [6.45, 7) is 4.23. The van der Waals surface area contributed by atoms with Gasteiger partial charge in [0.15, 0.2) is 29.1 Å². The summed E-state index contributed by atoms with van der Waals surface area (Å²) < 4.78 is 27.5. The molecular weight excluding hydrogens is 490 g/mol. The Balaban J connectivity index is 1.73. The predicted octanol–water partition coefficient (Wildman–Crippen LogP) is 4.95. The van der Waals surface area contributed by atoms with Crippen molar-refractivity contribution >= 4 is 17.7 Å². The summed E-state index contributed by atoms with van der Waals surface area (Å²) >= 11 is 0. The fourth-order valence-corrected chi connectivity index (χ4v) is 3.65. The highest BCUT2D eigenvalue weighted by molar-refractivity contribution is 5.99. The Morgan fingerprint density at radius 1 is 0.921 bits per heavy atom. The molecule has 3 aromatic rings. The molecule has 0 spiro atoms. The Morgan fingerprint density at radius 3 is 2.21 bits per heavy atom. The van der Waals surface area contributed by atoms with E-state index < -0.39 is 42.6 Å². The van der Waals surface area contributed by atoms with Gasteiger partial charge in [-0.05, 0) is 24.6 Å². The maximum atomic E-state index is 13.1. The molecule has 38 heavy (non-hydrogen) atoms. The Kier molecular flexibility index (Phi) is 10.2. The molecule has 9 nitrogen and oxygen atoms in total.